The minimum atomic E-state index is 0.143. The first-order valence-corrected chi connectivity index (χ1v) is 7.86. The molecule has 0 N–H and O–H groups in total. The van der Waals surface area contributed by atoms with Gasteiger partial charge in [-0.1, -0.05) is 0 Å². The predicted molar refractivity (Wildman–Crippen MR) is 86.5 cm³/mol. The highest BCUT2D eigenvalue weighted by Gasteiger charge is 2.22. The molecule has 0 saturated carbocycles. The molecular weight excluding hydrogens is 308 g/mol. The van der Waals surface area contributed by atoms with E-state index < -0.39 is 0 Å². The van der Waals surface area contributed by atoms with Crippen LogP contribution in [0, 0.1) is 0 Å². The zero-order valence-corrected chi connectivity index (χ0v) is 13.4. The number of fused-ring (bicyclic) bond motifs is 1. The van der Waals surface area contributed by atoms with Crippen molar-refractivity contribution in [2.24, 2.45) is 7.05 Å². The average molecular weight is 326 g/mol. The van der Waals surface area contributed by atoms with E-state index in [0.717, 1.165) is 30.1 Å². The molecule has 1 aliphatic rings. The van der Waals surface area contributed by atoms with Crippen LogP contribution in [0.1, 0.15) is 5.56 Å². The Balaban J connectivity index is 1.38. The van der Waals surface area contributed by atoms with Crippen molar-refractivity contribution < 1.29 is 4.79 Å². The van der Waals surface area contributed by atoms with Gasteiger partial charge in [0.25, 0.3) is 0 Å². The largest absolute Gasteiger partial charge is 0.352 e. The van der Waals surface area contributed by atoms with Crippen molar-refractivity contribution in [2.45, 2.75) is 6.42 Å². The lowest BCUT2D eigenvalue weighted by Crippen LogP contribution is -2.49. The summed E-state index contributed by atoms with van der Waals surface area (Å²) in [6.45, 7) is 2.92. The summed E-state index contributed by atoms with van der Waals surface area (Å²) in [6.07, 6.45) is 5.62. The molecule has 1 aliphatic heterocycles. The molecule has 1 fully saturated rings. The third-order valence-electron chi connectivity index (χ3n) is 4.22. The summed E-state index contributed by atoms with van der Waals surface area (Å²) in [7, 11) is 1.85. The van der Waals surface area contributed by atoms with Gasteiger partial charge in [0.1, 0.15) is 12.1 Å². The highest BCUT2D eigenvalue weighted by molar-refractivity contribution is 5.79. The summed E-state index contributed by atoms with van der Waals surface area (Å²) in [5.41, 5.74) is 1.67. The topological polar surface area (TPSA) is 84.5 Å². The van der Waals surface area contributed by atoms with Gasteiger partial charge in [0.05, 0.1) is 12.6 Å². The van der Waals surface area contributed by atoms with Gasteiger partial charge in [-0.25, -0.2) is 0 Å². The van der Waals surface area contributed by atoms with Gasteiger partial charge in [0, 0.05) is 39.4 Å². The van der Waals surface area contributed by atoms with Gasteiger partial charge in [-0.3, -0.25) is 9.48 Å². The van der Waals surface area contributed by atoms with Gasteiger partial charge < -0.3 is 9.80 Å². The molecule has 24 heavy (non-hydrogen) atoms. The highest BCUT2D eigenvalue weighted by atomic mass is 16.2. The first-order valence-electron chi connectivity index (χ1n) is 7.86. The molecule has 3 aromatic heterocycles. The molecule has 124 valence electrons. The third kappa shape index (κ3) is 2.80. The van der Waals surface area contributed by atoms with Gasteiger partial charge in [0.2, 0.25) is 5.91 Å². The van der Waals surface area contributed by atoms with E-state index in [0.29, 0.717) is 19.5 Å². The summed E-state index contributed by atoms with van der Waals surface area (Å²) < 4.78 is 3.38. The van der Waals surface area contributed by atoms with E-state index in [1.807, 2.05) is 30.3 Å². The molecule has 0 atom stereocenters. The van der Waals surface area contributed by atoms with Crippen molar-refractivity contribution in [3.05, 3.63) is 36.4 Å². The quantitative estimate of drug-likeness (QED) is 0.660. The maximum absolute atomic E-state index is 12.4. The van der Waals surface area contributed by atoms with E-state index in [4.69, 9.17) is 0 Å². The van der Waals surface area contributed by atoms with Crippen molar-refractivity contribution in [3.8, 4) is 0 Å². The number of aryl methyl sites for hydroxylation is 1. The molecule has 0 bridgehead atoms. The first-order chi connectivity index (χ1) is 11.7. The lowest BCUT2D eigenvalue weighted by Gasteiger charge is -2.35. The Morgan fingerprint density at radius 1 is 1.21 bits per heavy atom. The molecule has 0 spiro atoms. The molecule has 4 rings (SSSR count). The number of carbonyl (C=O) groups is 1. The molecule has 9 nitrogen and oxygen atoms in total. The Kier molecular flexibility index (Phi) is 3.60. The standard InChI is InChI=1S/C15H18N8O/c1-20-10-12(9-17-20)8-15(24)22-6-4-21(5-7-22)14-3-2-13-18-16-11-23(13)19-14/h2-3,9-11H,4-8H2,1H3. The molecule has 0 unspecified atom stereocenters. The Labute approximate surface area is 138 Å². The summed E-state index contributed by atoms with van der Waals surface area (Å²) in [5, 5.41) is 16.4. The molecule has 4 heterocycles. The minimum Gasteiger partial charge on any atom is -0.352 e. The van der Waals surface area contributed by atoms with Crippen LogP contribution in [0.25, 0.3) is 5.65 Å². The van der Waals surface area contributed by atoms with Crippen LogP contribution in [-0.2, 0) is 18.3 Å². The zero-order chi connectivity index (χ0) is 16.5. The lowest BCUT2D eigenvalue weighted by molar-refractivity contribution is -0.130. The first kappa shape index (κ1) is 14.6. The van der Waals surface area contributed by atoms with Crippen molar-refractivity contribution in [3.63, 3.8) is 0 Å². The molecular formula is C15H18N8O. The molecule has 1 amide bonds. The van der Waals surface area contributed by atoms with E-state index in [2.05, 4.69) is 25.3 Å². The maximum atomic E-state index is 12.4. The Hall–Kier alpha value is -2.97. The van der Waals surface area contributed by atoms with E-state index in [9.17, 15) is 4.79 Å². The van der Waals surface area contributed by atoms with Crippen LogP contribution >= 0.6 is 0 Å². The number of piperazine rings is 1. The molecule has 9 heteroatoms. The SMILES string of the molecule is Cn1cc(CC(=O)N2CCN(c3ccc4nncn4n3)CC2)cn1. The van der Waals surface area contributed by atoms with Crippen LogP contribution < -0.4 is 4.90 Å². The second-order valence-corrected chi connectivity index (χ2v) is 5.89. The van der Waals surface area contributed by atoms with Crippen LogP contribution in [0.5, 0.6) is 0 Å². The Morgan fingerprint density at radius 3 is 2.79 bits per heavy atom. The van der Waals surface area contributed by atoms with E-state index >= 15 is 0 Å². The Morgan fingerprint density at radius 2 is 2.04 bits per heavy atom. The normalized spacial score (nSPS) is 15.2. The predicted octanol–water partition coefficient (Wildman–Crippen LogP) is -0.251. The average Bonchev–Trinajstić information content (AvgIpc) is 3.23. The molecule has 0 radical (unpaired) electrons. The Bertz CT molecular complexity index is 861. The van der Waals surface area contributed by atoms with Crippen LogP contribution in [0.2, 0.25) is 0 Å². The van der Waals surface area contributed by atoms with Gasteiger partial charge >= 0.3 is 0 Å². The maximum Gasteiger partial charge on any atom is 0.227 e. The van der Waals surface area contributed by atoms with Crippen molar-refractivity contribution in [1.82, 2.24) is 34.5 Å². The number of nitrogens with zero attached hydrogens (tertiary/aromatic N) is 8. The molecule has 3 aromatic rings. The van der Waals surface area contributed by atoms with Crippen molar-refractivity contribution >= 4 is 17.4 Å². The fourth-order valence-electron chi connectivity index (χ4n) is 2.92. The van der Waals surface area contributed by atoms with Gasteiger partial charge in [-0.05, 0) is 17.7 Å². The number of hydrogen-bond donors (Lipinski definition) is 0. The number of rotatable bonds is 3. The third-order valence-corrected chi connectivity index (χ3v) is 4.22. The molecule has 0 aliphatic carbocycles. The van der Waals surface area contributed by atoms with Crippen LogP contribution in [-0.4, -0.2) is 66.6 Å². The summed E-state index contributed by atoms with van der Waals surface area (Å²) in [6, 6.07) is 3.84. The van der Waals surface area contributed by atoms with Crippen LogP contribution in [0.3, 0.4) is 0 Å². The van der Waals surface area contributed by atoms with E-state index in [1.165, 1.54) is 0 Å². The van der Waals surface area contributed by atoms with E-state index in [1.54, 1.807) is 21.7 Å². The fourth-order valence-corrected chi connectivity index (χ4v) is 2.92. The van der Waals surface area contributed by atoms with Crippen molar-refractivity contribution in [2.75, 3.05) is 31.1 Å². The molecule has 0 aromatic carbocycles. The molecule has 1 saturated heterocycles. The summed E-state index contributed by atoms with van der Waals surface area (Å²) in [5.74, 6) is 1.02. The van der Waals surface area contributed by atoms with Crippen molar-refractivity contribution in [1.29, 1.82) is 0 Å². The number of aromatic nitrogens is 6. The number of anilines is 1. The van der Waals surface area contributed by atoms with Crippen LogP contribution in [0.15, 0.2) is 30.9 Å². The number of carbonyl (C=O) groups excluding carboxylic acids is 1. The second kappa shape index (κ2) is 5.91. The van der Waals surface area contributed by atoms with E-state index in [-0.39, 0.29) is 5.91 Å². The monoisotopic (exact) mass is 326 g/mol. The highest BCUT2D eigenvalue weighted by Crippen LogP contribution is 2.14. The van der Waals surface area contributed by atoms with Crippen LogP contribution in [0.4, 0.5) is 5.82 Å². The summed E-state index contributed by atoms with van der Waals surface area (Å²) in [4.78, 5) is 16.5. The summed E-state index contributed by atoms with van der Waals surface area (Å²) >= 11 is 0. The number of hydrogen-bond acceptors (Lipinski definition) is 6. The van der Waals surface area contributed by atoms with Gasteiger partial charge in [-0.2, -0.15) is 9.61 Å². The van der Waals surface area contributed by atoms with Gasteiger partial charge in [0.15, 0.2) is 5.65 Å². The zero-order valence-electron chi connectivity index (χ0n) is 13.4. The second-order valence-electron chi connectivity index (χ2n) is 5.89. The smallest absolute Gasteiger partial charge is 0.227 e. The minimum absolute atomic E-state index is 0.143. The fraction of sp³-hybridized carbons (Fsp3) is 0.400. The number of amides is 1. The van der Waals surface area contributed by atoms with Gasteiger partial charge in [-0.15, -0.1) is 15.3 Å². The lowest BCUT2D eigenvalue weighted by atomic mass is 10.2.